The van der Waals surface area contributed by atoms with Crippen molar-refractivity contribution in [3.63, 3.8) is 0 Å². The Kier molecular flexibility index (Phi) is 2.58. The Morgan fingerprint density at radius 2 is 1.79 bits per heavy atom. The number of rotatable bonds is 1. The Bertz CT molecular complexity index is 579. The van der Waals surface area contributed by atoms with Gasteiger partial charge in [0.25, 0.3) is 6.29 Å². The van der Waals surface area contributed by atoms with Crippen LogP contribution < -0.4 is 4.90 Å². The monoisotopic (exact) mass is 259 g/mol. The highest BCUT2D eigenvalue weighted by atomic mass is 16.2. The number of carbonyl (C=O) groups is 2. The van der Waals surface area contributed by atoms with Crippen molar-refractivity contribution in [1.82, 2.24) is 4.90 Å². The molecule has 6 heteroatoms. The first-order valence-electron chi connectivity index (χ1n) is 6.20. The summed E-state index contributed by atoms with van der Waals surface area (Å²) in [5.41, 5.74) is 2.20. The molecule has 98 valence electrons. The van der Waals surface area contributed by atoms with Crippen LogP contribution in [0.15, 0.2) is 29.4 Å². The van der Waals surface area contributed by atoms with Crippen LogP contribution in [0.1, 0.15) is 5.56 Å². The average molecular weight is 259 g/mol. The molecule has 0 aliphatic carbocycles. The molecule has 2 aliphatic heterocycles. The molecule has 0 aromatic heterocycles. The van der Waals surface area contributed by atoms with Gasteiger partial charge in [0.05, 0.1) is 0 Å². The summed E-state index contributed by atoms with van der Waals surface area (Å²) in [7, 11) is 1.52. The molecule has 2 heterocycles. The van der Waals surface area contributed by atoms with Crippen LogP contribution >= 0.6 is 0 Å². The molecule has 2 amide bonds. The number of aryl methyl sites for hydroxylation is 1. The fraction of sp³-hybridized carbons (Fsp3) is 0.385. The van der Waals surface area contributed by atoms with Crippen LogP contribution in [0.2, 0.25) is 0 Å². The maximum absolute atomic E-state index is 11.9. The largest absolute Gasteiger partial charge is 0.501 e. The third kappa shape index (κ3) is 1.80. The van der Waals surface area contributed by atoms with E-state index < -0.39 is 18.1 Å². The summed E-state index contributed by atoms with van der Waals surface area (Å²) in [4.78, 5) is 27.0. The number of carbonyl (C=O) groups excluding carboxylic acids is 2. The molecule has 19 heavy (non-hydrogen) atoms. The number of likely N-dealkylation sites (N-methyl/N-ethyl adjacent to an activating group) is 1. The van der Waals surface area contributed by atoms with E-state index in [0.717, 1.165) is 10.4 Å². The standard InChI is InChI=1S/C13H15N4O2/c1-9-3-5-10(6-4-9)16-7-8-17-12(19)11(18)15(2)14-13(16)17/h3-6,13H,7-8H2,1-2H3/q+1. The molecule has 0 saturated carbocycles. The predicted molar refractivity (Wildman–Crippen MR) is 67.6 cm³/mol. The molecule has 1 atom stereocenters. The van der Waals surface area contributed by atoms with E-state index in [1.54, 1.807) is 0 Å². The van der Waals surface area contributed by atoms with E-state index in [0.29, 0.717) is 13.1 Å². The molecular formula is C13H15N4O2+. The molecule has 0 radical (unpaired) electrons. The van der Waals surface area contributed by atoms with Gasteiger partial charge in [-0.1, -0.05) is 17.7 Å². The lowest BCUT2D eigenvalue weighted by atomic mass is 10.2. The van der Waals surface area contributed by atoms with Gasteiger partial charge in [0, 0.05) is 23.9 Å². The Morgan fingerprint density at radius 3 is 2.47 bits per heavy atom. The Balaban J connectivity index is 1.96. The highest BCUT2D eigenvalue weighted by Crippen LogP contribution is 2.26. The van der Waals surface area contributed by atoms with Crippen molar-refractivity contribution in [1.29, 1.82) is 0 Å². The highest BCUT2D eigenvalue weighted by molar-refractivity contribution is 6.31. The van der Waals surface area contributed by atoms with Crippen molar-refractivity contribution < 1.29 is 14.3 Å². The van der Waals surface area contributed by atoms with E-state index >= 15 is 0 Å². The summed E-state index contributed by atoms with van der Waals surface area (Å²) >= 11 is 0. The summed E-state index contributed by atoms with van der Waals surface area (Å²) in [6.07, 6.45) is -0.405. The second-order valence-corrected chi connectivity index (χ2v) is 4.82. The maximum Gasteiger partial charge on any atom is 0.501 e. The minimum absolute atomic E-state index is 0.405. The van der Waals surface area contributed by atoms with Crippen LogP contribution in [0.25, 0.3) is 0 Å². The zero-order chi connectivity index (χ0) is 13.6. The van der Waals surface area contributed by atoms with Gasteiger partial charge in [-0.15, -0.1) is 0 Å². The second kappa shape index (κ2) is 4.15. The normalized spacial score (nSPS) is 22.6. The van der Waals surface area contributed by atoms with Gasteiger partial charge in [-0.3, -0.25) is 9.69 Å². The topological polar surface area (TPSA) is 56.0 Å². The van der Waals surface area contributed by atoms with Crippen LogP contribution in [0, 0.1) is 6.92 Å². The quantitative estimate of drug-likeness (QED) is 0.547. The Morgan fingerprint density at radius 1 is 1.16 bits per heavy atom. The summed E-state index contributed by atoms with van der Waals surface area (Å²) in [6, 6.07) is 8.07. The van der Waals surface area contributed by atoms with E-state index in [1.165, 1.54) is 17.5 Å². The van der Waals surface area contributed by atoms with Gasteiger partial charge in [-0.25, -0.2) is 4.79 Å². The first kappa shape index (κ1) is 11.8. The molecule has 0 spiro atoms. The summed E-state index contributed by atoms with van der Waals surface area (Å²) < 4.78 is 1.13. The van der Waals surface area contributed by atoms with Gasteiger partial charge in [-0.2, -0.15) is 0 Å². The number of amides is 2. The zero-order valence-electron chi connectivity index (χ0n) is 10.9. The van der Waals surface area contributed by atoms with E-state index in [2.05, 4.69) is 5.11 Å². The van der Waals surface area contributed by atoms with Crippen LogP contribution in [0.5, 0.6) is 0 Å². The zero-order valence-corrected chi connectivity index (χ0v) is 10.9. The van der Waals surface area contributed by atoms with E-state index in [1.807, 2.05) is 36.1 Å². The third-order valence-corrected chi connectivity index (χ3v) is 3.52. The lowest BCUT2D eigenvalue weighted by Gasteiger charge is -2.26. The first-order chi connectivity index (χ1) is 9.08. The van der Waals surface area contributed by atoms with Gasteiger partial charge in [0.1, 0.15) is 0 Å². The molecule has 1 saturated heterocycles. The second-order valence-electron chi connectivity index (χ2n) is 4.82. The van der Waals surface area contributed by atoms with Gasteiger partial charge in [0.15, 0.2) is 7.05 Å². The number of nitrogens with zero attached hydrogens (tertiary/aromatic N) is 4. The van der Waals surface area contributed by atoms with Crippen molar-refractivity contribution in [3.8, 4) is 0 Å². The molecule has 1 unspecified atom stereocenters. The van der Waals surface area contributed by atoms with Crippen molar-refractivity contribution in [3.05, 3.63) is 29.8 Å². The molecule has 0 N–H and O–H groups in total. The van der Waals surface area contributed by atoms with Gasteiger partial charge < -0.3 is 4.90 Å². The summed E-state index contributed by atoms with van der Waals surface area (Å²) in [6.45, 7) is 3.24. The van der Waals surface area contributed by atoms with Crippen molar-refractivity contribution in [2.75, 3.05) is 25.0 Å². The number of hydrogen-bond donors (Lipinski definition) is 0. The maximum atomic E-state index is 11.9. The van der Waals surface area contributed by atoms with Gasteiger partial charge in [0.2, 0.25) is 0 Å². The Labute approximate surface area is 110 Å². The van der Waals surface area contributed by atoms with Crippen molar-refractivity contribution >= 4 is 17.5 Å². The van der Waals surface area contributed by atoms with Crippen molar-refractivity contribution in [2.45, 2.75) is 13.2 Å². The minimum Gasteiger partial charge on any atom is -0.326 e. The molecule has 1 aromatic rings. The molecule has 2 aliphatic rings. The fourth-order valence-corrected chi connectivity index (χ4v) is 2.41. The van der Waals surface area contributed by atoms with Crippen LogP contribution in [-0.2, 0) is 9.59 Å². The number of azo groups is 2. The van der Waals surface area contributed by atoms with E-state index in [4.69, 9.17) is 0 Å². The van der Waals surface area contributed by atoms with Gasteiger partial charge in [-0.05, 0) is 23.8 Å². The smallest absolute Gasteiger partial charge is 0.326 e. The van der Waals surface area contributed by atoms with Crippen LogP contribution in [-0.4, -0.2) is 47.8 Å². The number of hydrogen-bond acceptors (Lipinski definition) is 4. The van der Waals surface area contributed by atoms with Crippen LogP contribution in [0.4, 0.5) is 5.69 Å². The van der Waals surface area contributed by atoms with Crippen LogP contribution in [0.3, 0.4) is 0 Å². The lowest BCUT2D eigenvalue weighted by molar-refractivity contribution is -0.492. The predicted octanol–water partition coefficient (Wildman–Crippen LogP) is 0.562. The van der Waals surface area contributed by atoms with Gasteiger partial charge >= 0.3 is 11.8 Å². The molecule has 0 bridgehead atoms. The SMILES string of the molecule is Cc1ccc(N2CCN3C(=O)C(=O)[N+](C)=NC32)cc1. The van der Waals surface area contributed by atoms with E-state index in [9.17, 15) is 9.59 Å². The average Bonchev–Trinajstić information content (AvgIpc) is 2.81. The summed E-state index contributed by atoms with van der Waals surface area (Å²) in [5, 5.41) is 4.27. The molecule has 6 nitrogen and oxygen atoms in total. The summed E-state index contributed by atoms with van der Waals surface area (Å²) in [5.74, 6) is -1.04. The minimum atomic E-state index is -0.568. The third-order valence-electron chi connectivity index (χ3n) is 3.52. The van der Waals surface area contributed by atoms with Crippen molar-refractivity contribution in [2.24, 2.45) is 5.11 Å². The Hall–Kier alpha value is -2.24. The molecule has 1 fully saturated rings. The number of anilines is 1. The highest BCUT2D eigenvalue weighted by Gasteiger charge is 2.47. The number of fused-ring (bicyclic) bond motifs is 1. The molecular weight excluding hydrogens is 244 g/mol. The number of benzene rings is 1. The van der Waals surface area contributed by atoms with E-state index in [-0.39, 0.29) is 0 Å². The first-order valence-corrected chi connectivity index (χ1v) is 6.20. The molecule has 3 rings (SSSR count). The fourth-order valence-electron chi connectivity index (χ4n) is 2.41. The molecule has 1 aromatic carbocycles. The lowest BCUT2D eigenvalue weighted by Crippen LogP contribution is -2.51.